The highest BCUT2D eigenvalue weighted by Crippen LogP contribution is 2.43. The molecule has 3 unspecified atom stereocenters. The molecule has 0 spiro atoms. The molecule has 170 valence electrons. The quantitative estimate of drug-likeness (QED) is 0.740. The van der Waals surface area contributed by atoms with Crippen LogP contribution in [-0.4, -0.2) is 59.1 Å². The zero-order valence-corrected chi connectivity index (χ0v) is 17.7. The molecular weight excluding hydrogens is 405 g/mol. The molecule has 1 aliphatic carbocycles. The molecule has 5 rings (SSSR count). The van der Waals surface area contributed by atoms with Gasteiger partial charge in [0.15, 0.2) is 0 Å². The van der Waals surface area contributed by atoms with Gasteiger partial charge in [-0.15, -0.1) is 0 Å². The van der Waals surface area contributed by atoms with E-state index in [1.165, 1.54) is 25.7 Å². The summed E-state index contributed by atoms with van der Waals surface area (Å²) < 4.78 is 38.1. The van der Waals surface area contributed by atoms with E-state index in [1.54, 1.807) is 12.1 Å². The summed E-state index contributed by atoms with van der Waals surface area (Å²) in [7, 11) is 0. The second kappa shape index (κ2) is 8.28. The molecule has 2 bridgehead atoms. The van der Waals surface area contributed by atoms with Crippen LogP contribution in [0.2, 0.25) is 0 Å². The number of nitrogens with one attached hydrogen (secondary N) is 2. The lowest BCUT2D eigenvalue weighted by atomic mass is 9.97. The molecule has 31 heavy (non-hydrogen) atoms. The van der Waals surface area contributed by atoms with Gasteiger partial charge in [0.1, 0.15) is 0 Å². The van der Waals surface area contributed by atoms with Gasteiger partial charge in [-0.2, -0.15) is 13.2 Å². The number of piperidine rings is 1. The summed E-state index contributed by atoms with van der Waals surface area (Å²) in [5.41, 5.74) is 0.237. The zero-order chi connectivity index (χ0) is 21.6. The van der Waals surface area contributed by atoms with E-state index in [4.69, 9.17) is 0 Å². The highest BCUT2D eigenvalue weighted by Gasteiger charge is 2.47. The first-order chi connectivity index (χ1) is 14.8. The van der Waals surface area contributed by atoms with Crippen LogP contribution in [0.15, 0.2) is 24.3 Å². The SMILES string of the molecule is O=C(NC1CC2CCC(C1)N2C1CC1)NC1CCN(Cc2ccc(C(F)(F)F)cc2)C1. The van der Waals surface area contributed by atoms with E-state index in [-0.39, 0.29) is 18.1 Å². The fourth-order valence-corrected chi connectivity index (χ4v) is 5.86. The summed E-state index contributed by atoms with van der Waals surface area (Å²) in [6.45, 7) is 2.15. The molecule has 2 N–H and O–H groups in total. The van der Waals surface area contributed by atoms with E-state index in [2.05, 4.69) is 20.4 Å². The molecule has 5 nitrogen and oxygen atoms in total. The van der Waals surface area contributed by atoms with Crippen LogP contribution in [-0.2, 0) is 12.7 Å². The number of carbonyl (C=O) groups is 1. The Hall–Kier alpha value is -1.80. The number of amides is 2. The van der Waals surface area contributed by atoms with Crippen molar-refractivity contribution in [1.82, 2.24) is 20.4 Å². The molecule has 3 heterocycles. The van der Waals surface area contributed by atoms with Gasteiger partial charge in [-0.1, -0.05) is 12.1 Å². The van der Waals surface area contributed by atoms with Crippen LogP contribution in [0.25, 0.3) is 0 Å². The van der Waals surface area contributed by atoms with Crippen LogP contribution in [0.5, 0.6) is 0 Å². The molecule has 4 aliphatic rings. The monoisotopic (exact) mass is 436 g/mol. The number of benzene rings is 1. The number of carbonyl (C=O) groups excluding carboxylic acids is 1. The first kappa shape index (κ1) is 21.1. The van der Waals surface area contributed by atoms with E-state index in [0.29, 0.717) is 18.6 Å². The minimum Gasteiger partial charge on any atom is -0.335 e. The number of rotatable bonds is 5. The van der Waals surface area contributed by atoms with Crippen LogP contribution in [0, 0.1) is 0 Å². The van der Waals surface area contributed by atoms with Gasteiger partial charge in [0, 0.05) is 49.8 Å². The third-order valence-electron chi connectivity index (χ3n) is 7.39. The third kappa shape index (κ3) is 4.85. The largest absolute Gasteiger partial charge is 0.416 e. The molecule has 8 heteroatoms. The predicted octanol–water partition coefficient (Wildman–Crippen LogP) is 3.74. The number of fused-ring (bicyclic) bond motifs is 2. The third-order valence-corrected chi connectivity index (χ3v) is 7.39. The van der Waals surface area contributed by atoms with Gasteiger partial charge in [0.25, 0.3) is 0 Å². The first-order valence-corrected chi connectivity index (χ1v) is 11.6. The van der Waals surface area contributed by atoms with Gasteiger partial charge in [-0.25, -0.2) is 4.79 Å². The molecule has 3 saturated heterocycles. The molecule has 0 aromatic heterocycles. The highest BCUT2D eigenvalue weighted by atomic mass is 19.4. The van der Waals surface area contributed by atoms with Gasteiger partial charge in [0.05, 0.1) is 5.56 Å². The van der Waals surface area contributed by atoms with Crippen LogP contribution < -0.4 is 10.6 Å². The molecule has 0 radical (unpaired) electrons. The summed E-state index contributed by atoms with van der Waals surface area (Å²) in [5, 5.41) is 6.32. The Bertz CT molecular complexity index is 781. The van der Waals surface area contributed by atoms with Crippen molar-refractivity contribution < 1.29 is 18.0 Å². The second-order valence-corrected chi connectivity index (χ2v) is 9.76. The fraction of sp³-hybridized carbons (Fsp3) is 0.696. The van der Waals surface area contributed by atoms with Crippen molar-refractivity contribution in [3.8, 4) is 0 Å². The molecule has 3 aliphatic heterocycles. The van der Waals surface area contributed by atoms with Crippen molar-refractivity contribution in [2.75, 3.05) is 13.1 Å². The van der Waals surface area contributed by atoms with Gasteiger partial charge >= 0.3 is 12.2 Å². The fourth-order valence-electron chi connectivity index (χ4n) is 5.86. The summed E-state index contributed by atoms with van der Waals surface area (Å²) in [4.78, 5) is 17.5. The normalized spacial score (nSPS) is 31.7. The smallest absolute Gasteiger partial charge is 0.335 e. The van der Waals surface area contributed by atoms with E-state index >= 15 is 0 Å². The lowest BCUT2D eigenvalue weighted by Gasteiger charge is -2.39. The number of hydrogen-bond donors (Lipinski definition) is 2. The lowest BCUT2D eigenvalue weighted by Crippen LogP contribution is -2.54. The van der Waals surface area contributed by atoms with Gasteiger partial charge in [0.2, 0.25) is 0 Å². The van der Waals surface area contributed by atoms with Gasteiger partial charge < -0.3 is 10.6 Å². The number of likely N-dealkylation sites (tertiary alicyclic amines) is 1. The number of halogens is 3. The molecule has 1 aromatic carbocycles. The molecule has 4 fully saturated rings. The summed E-state index contributed by atoms with van der Waals surface area (Å²) in [6.07, 6.45) is 3.90. The number of alkyl halides is 3. The first-order valence-electron chi connectivity index (χ1n) is 11.6. The van der Waals surface area contributed by atoms with Crippen molar-refractivity contribution in [1.29, 1.82) is 0 Å². The lowest BCUT2D eigenvalue weighted by molar-refractivity contribution is -0.137. The number of hydrogen-bond acceptors (Lipinski definition) is 3. The Morgan fingerprint density at radius 3 is 2.13 bits per heavy atom. The van der Waals surface area contributed by atoms with E-state index in [0.717, 1.165) is 56.1 Å². The Balaban J connectivity index is 1.06. The number of nitrogens with zero attached hydrogens (tertiary/aromatic N) is 2. The van der Waals surface area contributed by atoms with Gasteiger partial charge in [-0.05, 0) is 62.6 Å². The topological polar surface area (TPSA) is 47.6 Å². The van der Waals surface area contributed by atoms with Crippen molar-refractivity contribution in [3.05, 3.63) is 35.4 Å². The second-order valence-electron chi connectivity index (χ2n) is 9.76. The minimum atomic E-state index is -4.30. The summed E-state index contributed by atoms with van der Waals surface area (Å²) in [6, 6.07) is 7.70. The van der Waals surface area contributed by atoms with E-state index in [9.17, 15) is 18.0 Å². The van der Waals surface area contributed by atoms with E-state index in [1.807, 2.05) is 0 Å². The van der Waals surface area contributed by atoms with Crippen LogP contribution in [0.3, 0.4) is 0 Å². The van der Waals surface area contributed by atoms with E-state index < -0.39 is 11.7 Å². The Kier molecular flexibility index (Phi) is 5.63. The van der Waals surface area contributed by atoms with Crippen LogP contribution in [0.4, 0.5) is 18.0 Å². The average Bonchev–Trinajstić information content (AvgIpc) is 3.40. The highest BCUT2D eigenvalue weighted by molar-refractivity contribution is 5.74. The Morgan fingerprint density at radius 1 is 0.903 bits per heavy atom. The molecule has 3 atom stereocenters. The van der Waals surface area contributed by atoms with Crippen molar-refractivity contribution in [2.24, 2.45) is 0 Å². The minimum absolute atomic E-state index is 0.0781. The Labute approximate surface area is 181 Å². The van der Waals surface area contributed by atoms with Crippen molar-refractivity contribution in [2.45, 2.75) is 87.9 Å². The average molecular weight is 437 g/mol. The van der Waals surface area contributed by atoms with Gasteiger partial charge in [-0.3, -0.25) is 9.80 Å². The predicted molar refractivity (Wildman–Crippen MR) is 111 cm³/mol. The molecule has 2 amide bonds. The zero-order valence-electron chi connectivity index (χ0n) is 17.7. The molecule has 1 aromatic rings. The summed E-state index contributed by atoms with van der Waals surface area (Å²) in [5.74, 6) is 0. The molecule has 1 saturated carbocycles. The Morgan fingerprint density at radius 2 is 1.52 bits per heavy atom. The van der Waals surface area contributed by atoms with Crippen LogP contribution >= 0.6 is 0 Å². The van der Waals surface area contributed by atoms with Crippen LogP contribution in [0.1, 0.15) is 56.1 Å². The standard InChI is InChI=1S/C23H31F3N4O/c24-23(25,26)16-3-1-15(2-4-16)13-29-10-9-17(14-29)27-22(31)28-18-11-20-7-8-21(12-18)30(20)19-5-6-19/h1-4,17-21H,5-14H2,(H2,27,28,31). The molecular formula is C23H31F3N4O. The van der Waals surface area contributed by atoms with Crippen molar-refractivity contribution >= 4 is 6.03 Å². The maximum atomic E-state index is 12.7. The maximum absolute atomic E-state index is 12.7. The number of urea groups is 1. The summed E-state index contributed by atoms with van der Waals surface area (Å²) >= 11 is 0. The van der Waals surface area contributed by atoms with Crippen molar-refractivity contribution in [3.63, 3.8) is 0 Å². The maximum Gasteiger partial charge on any atom is 0.416 e.